The minimum atomic E-state index is 0.583. The van der Waals surface area contributed by atoms with Gasteiger partial charge in [-0.25, -0.2) is 4.98 Å². The zero-order valence-corrected chi connectivity index (χ0v) is 7.06. The molecule has 62 valence electrons. The molecule has 0 radical (unpaired) electrons. The van der Waals surface area contributed by atoms with Crippen molar-refractivity contribution in [2.75, 3.05) is 11.2 Å². The highest BCUT2D eigenvalue weighted by Gasteiger charge is 2.00. The van der Waals surface area contributed by atoms with Crippen LogP contribution in [0.1, 0.15) is 0 Å². The average Bonchev–Trinajstić information content (AvgIpc) is 2.43. The van der Waals surface area contributed by atoms with E-state index in [4.69, 9.17) is 11.6 Å². The van der Waals surface area contributed by atoms with Crippen LogP contribution in [0.15, 0.2) is 18.2 Å². The number of rotatable bonds is 1. The van der Waals surface area contributed by atoms with Crippen LogP contribution in [0.3, 0.4) is 0 Å². The molecule has 0 bridgehead atoms. The fourth-order valence-corrected chi connectivity index (χ4v) is 1.81. The molecule has 0 amide bonds. The molecular formula is C7H8N4S. The van der Waals surface area contributed by atoms with Crippen LogP contribution >= 0.6 is 11.3 Å². The van der Waals surface area contributed by atoms with E-state index in [-0.39, 0.29) is 0 Å². The SMILES string of the molecule is NNc1ccc2nc(N)sc2c1. The highest BCUT2D eigenvalue weighted by Crippen LogP contribution is 2.25. The van der Waals surface area contributed by atoms with E-state index in [2.05, 4.69) is 10.4 Å². The minimum absolute atomic E-state index is 0.583. The van der Waals surface area contributed by atoms with Crippen LogP contribution in [0, 0.1) is 0 Å². The third-order valence-corrected chi connectivity index (χ3v) is 2.42. The Balaban J connectivity index is 2.66. The summed E-state index contributed by atoms with van der Waals surface area (Å²) < 4.78 is 1.04. The third kappa shape index (κ3) is 1.09. The molecule has 4 nitrogen and oxygen atoms in total. The van der Waals surface area contributed by atoms with Gasteiger partial charge in [0.1, 0.15) is 0 Å². The Morgan fingerprint density at radius 1 is 1.42 bits per heavy atom. The molecule has 0 aliphatic rings. The molecular weight excluding hydrogens is 172 g/mol. The van der Waals surface area contributed by atoms with Crippen LogP contribution in [-0.4, -0.2) is 4.98 Å². The molecule has 5 heteroatoms. The average molecular weight is 180 g/mol. The number of nitrogens with zero attached hydrogens (tertiary/aromatic N) is 1. The van der Waals surface area contributed by atoms with Crippen molar-refractivity contribution in [2.24, 2.45) is 5.84 Å². The van der Waals surface area contributed by atoms with E-state index in [0.717, 1.165) is 15.9 Å². The molecule has 0 fully saturated rings. The largest absolute Gasteiger partial charge is 0.375 e. The van der Waals surface area contributed by atoms with E-state index >= 15 is 0 Å². The molecule has 0 saturated carbocycles. The number of fused-ring (bicyclic) bond motifs is 1. The molecule has 0 aliphatic heterocycles. The molecule has 1 aromatic carbocycles. The topological polar surface area (TPSA) is 77.0 Å². The summed E-state index contributed by atoms with van der Waals surface area (Å²) in [5, 5.41) is 0.583. The van der Waals surface area contributed by atoms with Crippen LogP contribution in [0.25, 0.3) is 10.2 Å². The number of nitrogen functional groups attached to an aromatic ring is 2. The maximum Gasteiger partial charge on any atom is 0.181 e. The van der Waals surface area contributed by atoms with Crippen LogP contribution in [0.4, 0.5) is 10.8 Å². The number of hydrogen-bond donors (Lipinski definition) is 3. The Kier molecular flexibility index (Phi) is 1.60. The molecule has 2 rings (SSSR count). The summed E-state index contributed by atoms with van der Waals surface area (Å²) in [7, 11) is 0. The number of nitrogens with one attached hydrogen (secondary N) is 1. The van der Waals surface area contributed by atoms with E-state index in [1.165, 1.54) is 11.3 Å². The smallest absolute Gasteiger partial charge is 0.181 e. The first-order chi connectivity index (χ1) is 5.79. The molecule has 0 spiro atoms. The van der Waals surface area contributed by atoms with E-state index < -0.39 is 0 Å². The van der Waals surface area contributed by atoms with Gasteiger partial charge in [-0.1, -0.05) is 11.3 Å². The van der Waals surface area contributed by atoms with Gasteiger partial charge in [-0.05, 0) is 18.2 Å². The van der Waals surface area contributed by atoms with E-state index in [0.29, 0.717) is 5.13 Å². The van der Waals surface area contributed by atoms with Gasteiger partial charge < -0.3 is 11.2 Å². The first-order valence-electron chi connectivity index (χ1n) is 3.42. The summed E-state index contributed by atoms with van der Waals surface area (Å²) in [6.45, 7) is 0. The molecule has 12 heavy (non-hydrogen) atoms. The van der Waals surface area contributed by atoms with E-state index in [9.17, 15) is 0 Å². The fourth-order valence-electron chi connectivity index (χ4n) is 1.03. The molecule has 2 aromatic rings. The number of anilines is 2. The first-order valence-corrected chi connectivity index (χ1v) is 4.24. The van der Waals surface area contributed by atoms with Crippen molar-refractivity contribution in [1.29, 1.82) is 0 Å². The molecule has 5 N–H and O–H groups in total. The maximum absolute atomic E-state index is 5.54. The van der Waals surface area contributed by atoms with Gasteiger partial charge in [0, 0.05) is 0 Å². The van der Waals surface area contributed by atoms with Crippen molar-refractivity contribution in [3.63, 3.8) is 0 Å². The molecule has 0 unspecified atom stereocenters. The minimum Gasteiger partial charge on any atom is -0.375 e. The molecule has 0 aliphatic carbocycles. The van der Waals surface area contributed by atoms with Crippen molar-refractivity contribution in [3.8, 4) is 0 Å². The van der Waals surface area contributed by atoms with Crippen LogP contribution in [0.2, 0.25) is 0 Å². The quantitative estimate of drug-likeness (QED) is 0.454. The lowest BCUT2D eigenvalue weighted by Crippen LogP contribution is -2.05. The van der Waals surface area contributed by atoms with E-state index in [1.54, 1.807) is 0 Å². The summed E-state index contributed by atoms with van der Waals surface area (Å²) in [4.78, 5) is 4.12. The van der Waals surface area contributed by atoms with Gasteiger partial charge in [0.05, 0.1) is 15.9 Å². The number of benzene rings is 1. The summed E-state index contributed by atoms with van der Waals surface area (Å²) in [6, 6.07) is 5.67. The van der Waals surface area contributed by atoms with Gasteiger partial charge in [-0.15, -0.1) is 0 Å². The zero-order valence-electron chi connectivity index (χ0n) is 6.24. The second-order valence-electron chi connectivity index (χ2n) is 2.38. The molecule has 0 atom stereocenters. The summed E-state index contributed by atoms with van der Waals surface area (Å²) in [6.07, 6.45) is 0. The van der Waals surface area contributed by atoms with Crippen molar-refractivity contribution >= 4 is 32.4 Å². The Hall–Kier alpha value is -1.33. The lowest BCUT2D eigenvalue weighted by Gasteiger charge is -1.96. The van der Waals surface area contributed by atoms with Gasteiger partial charge in [0.2, 0.25) is 0 Å². The predicted molar refractivity (Wildman–Crippen MR) is 51.8 cm³/mol. The highest BCUT2D eigenvalue weighted by atomic mass is 32.1. The molecule has 0 saturated heterocycles. The number of hydrazine groups is 1. The Morgan fingerprint density at radius 3 is 3.00 bits per heavy atom. The summed E-state index contributed by atoms with van der Waals surface area (Å²) in [5.41, 5.74) is 9.88. The van der Waals surface area contributed by atoms with Crippen molar-refractivity contribution in [3.05, 3.63) is 18.2 Å². The van der Waals surface area contributed by atoms with Crippen LogP contribution < -0.4 is 17.0 Å². The van der Waals surface area contributed by atoms with Gasteiger partial charge in [0.15, 0.2) is 5.13 Å². The van der Waals surface area contributed by atoms with Gasteiger partial charge in [-0.2, -0.15) is 0 Å². The fraction of sp³-hybridized carbons (Fsp3) is 0. The standard InChI is InChI=1S/C7H8N4S/c8-7-10-5-2-1-4(11-9)3-6(5)12-7/h1-3,11H,9H2,(H2,8,10). The number of nitrogens with two attached hydrogens (primary N) is 2. The van der Waals surface area contributed by atoms with Gasteiger partial charge in [-0.3, -0.25) is 5.84 Å². The Bertz CT molecular complexity index is 409. The number of aromatic nitrogens is 1. The van der Waals surface area contributed by atoms with Crippen molar-refractivity contribution in [2.45, 2.75) is 0 Å². The van der Waals surface area contributed by atoms with Gasteiger partial charge in [0.25, 0.3) is 0 Å². The normalized spacial score (nSPS) is 10.4. The Morgan fingerprint density at radius 2 is 2.25 bits per heavy atom. The second-order valence-corrected chi connectivity index (χ2v) is 3.44. The molecule has 1 heterocycles. The van der Waals surface area contributed by atoms with Gasteiger partial charge >= 0.3 is 0 Å². The number of hydrogen-bond acceptors (Lipinski definition) is 5. The van der Waals surface area contributed by atoms with Crippen LogP contribution in [0.5, 0.6) is 0 Å². The maximum atomic E-state index is 5.54. The second kappa shape index (κ2) is 2.62. The number of thiazole rings is 1. The Labute approximate surface area is 73.2 Å². The third-order valence-electron chi connectivity index (χ3n) is 1.57. The molecule has 1 aromatic heterocycles. The first kappa shape index (κ1) is 7.33. The highest BCUT2D eigenvalue weighted by molar-refractivity contribution is 7.22. The van der Waals surface area contributed by atoms with E-state index in [1.807, 2.05) is 18.2 Å². The van der Waals surface area contributed by atoms with Crippen molar-refractivity contribution in [1.82, 2.24) is 4.98 Å². The monoisotopic (exact) mass is 180 g/mol. The summed E-state index contributed by atoms with van der Waals surface area (Å²) in [5.74, 6) is 5.25. The summed E-state index contributed by atoms with van der Waals surface area (Å²) >= 11 is 1.45. The lowest BCUT2D eigenvalue weighted by atomic mass is 10.3. The van der Waals surface area contributed by atoms with Crippen LogP contribution in [-0.2, 0) is 0 Å². The zero-order chi connectivity index (χ0) is 8.55. The predicted octanol–water partition coefficient (Wildman–Crippen LogP) is 1.16. The van der Waals surface area contributed by atoms with Crippen molar-refractivity contribution < 1.29 is 0 Å². The lowest BCUT2D eigenvalue weighted by molar-refractivity contribution is 1.36.